The second-order valence-electron chi connectivity index (χ2n) is 4.01. The molecule has 0 radical (unpaired) electrons. The topological polar surface area (TPSA) is 105 Å². The Hall–Kier alpha value is -1.64. The van der Waals surface area contributed by atoms with Crippen LogP contribution in [0.4, 0.5) is 4.79 Å². The summed E-state index contributed by atoms with van der Waals surface area (Å²) in [6.07, 6.45) is -0.752. The zero-order chi connectivity index (χ0) is 15.0. The van der Waals surface area contributed by atoms with Gasteiger partial charge in [0.1, 0.15) is 0 Å². The average molecular weight is 302 g/mol. The van der Waals surface area contributed by atoms with Crippen LogP contribution < -0.4 is 9.44 Å². The number of nitrogens with one attached hydrogen (secondary N) is 2. The molecule has 0 saturated carbocycles. The van der Waals surface area contributed by atoms with Crippen LogP contribution in [0.2, 0.25) is 0 Å². The maximum atomic E-state index is 11.6. The van der Waals surface area contributed by atoms with Gasteiger partial charge in [-0.25, -0.2) is 9.52 Å². The molecule has 112 valence electrons. The number of benzene rings is 1. The molecule has 0 bridgehead atoms. The molecule has 1 aromatic carbocycles. The summed E-state index contributed by atoms with van der Waals surface area (Å²) in [4.78, 5) is 11.1. The Kier molecular flexibility index (Phi) is 6.43. The largest absolute Gasteiger partial charge is 0.449 e. The summed E-state index contributed by atoms with van der Waals surface area (Å²) >= 11 is 0. The van der Waals surface area contributed by atoms with Crippen molar-refractivity contribution in [2.75, 3.05) is 13.2 Å². The van der Waals surface area contributed by atoms with E-state index in [0.717, 1.165) is 5.56 Å². The van der Waals surface area contributed by atoms with Gasteiger partial charge >= 0.3 is 16.3 Å². The van der Waals surface area contributed by atoms with E-state index in [2.05, 4.69) is 9.46 Å². The molecule has 0 aliphatic heterocycles. The first-order valence-corrected chi connectivity index (χ1v) is 7.56. The Labute approximate surface area is 118 Å². The molecule has 1 unspecified atom stereocenters. The van der Waals surface area contributed by atoms with E-state index < -0.39 is 29.0 Å². The number of amides is 1. The van der Waals surface area contributed by atoms with Gasteiger partial charge in [0.15, 0.2) is 0 Å². The Morgan fingerprint density at radius 3 is 2.55 bits per heavy atom. The van der Waals surface area contributed by atoms with Crippen molar-refractivity contribution >= 4 is 16.3 Å². The molecule has 8 heteroatoms. The molecular weight excluding hydrogens is 284 g/mol. The molecule has 1 aromatic rings. The predicted molar refractivity (Wildman–Crippen MR) is 73.2 cm³/mol. The van der Waals surface area contributed by atoms with Gasteiger partial charge in [-0.05, 0) is 18.9 Å². The molecule has 1 atom stereocenters. The van der Waals surface area contributed by atoms with Crippen LogP contribution in [0, 0.1) is 0 Å². The van der Waals surface area contributed by atoms with Crippen molar-refractivity contribution in [3.63, 3.8) is 0 Å². The van der Waals surface area contributed by atoms with E-state index in [1.54, 1.807) is 11.6 Å². The van der Waals surface area contributed by atoms with Crippen molar-refractivity contribution in [3.8, 4) is 0 Å². The Morgan fingerprint density at radius 2 is 2.00 bits per heavy atom. The van der Waals surface area contributed by atoms with Crippen LogP contribution >= 0.6 is 0 Å². The lowest BCUT2D eigenvalue weighted by atomic mass is 10.1. The molecule has 0 aliphatic rings. The number of carbonyl (C=O) groups is 1. The van der Waals surface area contributed by atoms with Crippen molar-refractivity contribution in [2.24, 2.45) is 0 Å². The minimum Gasteiger partial charge on any atom is -0.449 e. The maximum absolute atomic E-state index is 11.6. The fraction of sp³-hybridized carbons (Fsp3) is 0.417. The normalized spacial score (nSPS) is 12.7. The molecule has 0 heterocycles. The van der Waals surface area contributed by atoms with Crippen LogP contribution in [-0.2, 0) is 21.4 Å². The monoisotopic (exact) mass is 302 g/mol. The number of rotatable bonds is 7. The molecule has 3 N–H and O–H groups in total. The van der Waals surface area contributed by atoms with E-state index in [-0.39, 0.29) is 6.61 Å². The van der Waals surface area contributed by atoms with Crippen LogP contribution in [0.1, 0.15) is 12.5 Å². The summed E-state index contributed by atoms with van der Waals surface area (Å²) in [6, 6.07) is 8.36. The summed E-state index contributed by atoms with van der Waals surface area (Å²) in [7, 11) is -4.07. The van der Waals surface area contributed by atoms with Crippen LogP contribution in [0.5, 0.6) is 0 Å². The van der Waals surface area contributed by atoms with Gasteiger partial charge in [0.05, 0.1) is 19.3 Å². The van der Waals surface area contributed by atoms with Crippen molar-refractivity contribution < 1.29 is 23.1 Å². The lowest BCUT2D eigenvalue weighted by molar-refractivity contribution is 0.158. The quantitative estimate of drug-likeness (QED) is 0.666. The number of aliphatic hydroxyl groups is 1. The first kappa shape index (κ1) is 16.4. The lowest BCUT2D eigenvalue weighted by Gasteiger charge is -2.16. The van der Waals surface area contributed by atoms with Crippen molar-refractivity contribution in [3.05, 3.63) is 35.9 Å². The van der Waals surface area contributed by atoms with E-state index in [0.29, 0.717) is 6.42 Å². The molecule has 0 aliphatic carbocycles. The van der Waals surface area contributed by atoms with Crippen LogP contribution in [-0.4, -0.2) is 38.9 Å². The first-order valence-electron chi connectivity index (χ1n) is 6.08. The fourth-order valence-corrected chi connectivity index (χ4v) is 2.50. The van der Waals surface area contributed by atoms with Gasteiger partial charge in [-0.15, -0.1) is 0 Å². The van der Waals surface area contributed by atoms with Gasteiger partial charge in [-0.1, -0.05) is 30.3 Å². The minimum atomic E-state index is -4.07. The number of hydrogen-bond acceptors (Lipinski definition) is 5. The van der Waals surface area contributed by atoms with E-state index in [1.165, 1.54) is 0 Å². The maximum Gasteiger partial charge on any atom is 0.421 e. The molecule has 1 amide bonds. The minimum absolute atomic E-state index is 0.0643. The SMILES string of the molecule is CCOC(=O)NS(=O)(=O)NC(CO)Cc1ccccc1. The molecule has 7 nitrogen and oxygen atoms in total. The third kappa shape index (κ3) is 6.00. The van der Waals surface area contributed by atoms with Crippen LogP contribution in [0.15, 0.2) is 30.3 Å². The van der Waals surface area contributed by atoms with E-state index >= 15 is 0 Å². The molecule has 0 saturated heterocycles. The van der Waals surface area contributed by atoms with Gasteiger partial charge in [0, 0.05) is 0 Å². The Bertz CT molecular complexity index is 518. The van der Waals surface area contributed by atoms with Crippen molar-refractivity contribution in [2.45, 2.75) is 19.4 Å². The second-order valence-corrected chi connectivity index (χ2v) is 5.46. The third-order valence-electron chi connectivity index (χ3n) is 2.36. The molecule has 0 fully saturated rings. The number of ether oxygens (including phenoxy) is 1. The Morgan fingerprint density at radius 1 is 1.35 bits per heavy atom. The van der Waals surface area contributed by atoms with Gasteiger partial charge in [-0.2, -0.15) is 13.1 Å². The molecule has 0 spiro atoms. The van der Waals surface area contributed by atoms with Gasteiger partial charge in [-0.3, -0.25) is 0 Å². The lowest BCUT2D eigenvalue weighted by Crippen LogP contribution is -2.47. The highest BCUT2D eigenvalue weighted by molar-refractivity contribution is 7.88. The third-order valence-corrected chi connectivity index (χ3v) is 3.44. The van der Waals surface area contributed by atoms with Crippen molar-refractivity contribution in [1.82, 2.24) is 9.44 Å². The smallest absolute Gasteiger partial charge is 0.421 e. The zero-order valence-corrected chi connectivity index (χ0v) is 11.9. The van der Waals surface area contributed by atoms with Crippen molar-refractivity contribution in [1.29, 1.82) is 0 Å². The molecule has 20 heavy (non-hydrogen) atoms. The predicted octanol–water partition coefficient (Wildman–Crippen LogP) is 0.171. The molecule has 1 rings (SSSR count). The zero-order valence-electron chi connectivity index (χ0n) is 11.1. The summed E-state index contributed by atoms with van der Waals surface area (Å²) in [6.45, 7) is 1.24. The number of aliphatic hydroxyl groups excluding tert-OH is 1. The summed E-state index contributed by atoms with van der Waals surface area (Å²) in [5, 5.41) is 9.22. The van der Waals surface area contributed by atoms with Gasteiger partial charge < -0.3 is 9.84 Å². The Balaban J connectivity index is 2.61. The fourth-order valence-electron chi connectivity index (χ4n) is 1.56. The highest BCUT2D eigenvalue weighted by atomic mass is 32.2. The first-order chi connectivity index (χ1) is 9.46. The number of hydrogen-bond donors (Lipinski definition) is 3. The summed E-state index contributed by atoms with van der Waals surface area (Å²) in [5.41, 5.74) is 0.866. The van der Waals surface area contributed by atoms with Gasteiger partial charge in [0.25, 0.3) is 0 Å². The van der Waals surface area contributed by atoms with E-state index in [1.807, 2.05) is 30.3 Å². The highest BCUT2D eigenvalue weighted by Crippen LogP contribution is 2.03. The number of carbonyl (C=O) groups excluding carboxylic acids is 1. The molecule has 0 aromatic heterocycles. The van der Waals surface area contributed by atoms with E-state index in [4.69, 9.17) is 0 Å². The highest BCUT2D eigenvalue weighted by Gasteiger charge is 2.20. The average Bonchev–Trinajstić information content (AvgIpc) is 2.38. The summed E-state index contributed by atoms with van der Waals surface area (Å²) < 4.78 is 31.6. The summed E-state index contributed by atoms with van der Waals surface area (Å²) in [5.74, 6) is 0. The van der Waals surface area contributed by atoms with Crippen LogP contribution in [0.25, 0.3) is 0 Å². The van der Waals surface area contributed by atoms with E-state index in [9.17, 15) is 18.3 Å². The van der Waals surface area contributed by atoms with Gasteiger partial charge in [0.2, 0.25) is 0 Å². The molecular formula is C12H18N2O5S. The standard InChI is InChI=1S/C12H18N2O5S/c1-2-19-12(16)14-20(17,18)13-11(9-15)8-10-6-4-3-5-7-10/h3-7,11,13,15H,2,8-9H2,1H3,(H,14,16). The van der Waals surface area contributed by atoms with Crippen LogP contribution in [0.3, 0.4) is 0 Å². The second kappa shape index (κ2) is 7.83.